The number of rotatable bonds is 10. The third-order valence-corrected chi connectivity index (χ3v) is 9.81. The van der Waals surface area contributed by atoms with Crippen molar-refractivity contribution in [1.29, 1.82) is 0 Å². The number of β-lactam (4-membered cyclic amide) rings is 1. The highest BCUT2D eigenvalue weighted by Gasteiger charge is 2.54. The van der Waals surface area contributed by atoms with E-state index in [1.165, 1.54) is 41.8 Å². The second kappa shape index (κ2) is 13.7. The summed E-state index contributed by atoms with van der Waals surface area (Å²) in [5.74, 6) is -2.27. The van der Waals surface area contributed by atoms with Crippen LogP contribution in [0.1, 0.15) is 29.8 Å². The molecule has 2 amide bonds. The van der Waals surface area contributed by atoms with Crippen molar-refractivity contribution in [2.24, 2.45) is 0 Å². The molecule has 0 saturated carbocycles. The highest BCUT2D eigenvalue weighted by molar-refractivity contribution is 8.00. The number of ether oxygens (including phenoxy) is 2. The minimum Gasteiger partial charge on any atom is -0.507 e. The molecule has 3 N–H and O–H groups in total. The summed E-state index contributed by atoms with van der Waals surface area (Å²) in [6, 6.07) is 21.9. The first-order valence-corrected chi connectivity index (χ1v) is 16.5. The molecule has 0 radical (unpaired) electrons. The third kappa shape index (κ3) is 6.71. The molecule has 11 nitrogen and oxygen atoms in total. The van der Waals surface area contributed by atoms with Crippen LogP contribution in [0, 0.1) is 0 Å². The standard InChI is InChI=1S/C34H29N3O8S2/c1-19(38)44-16-22-17-47-33-28(36-26(41)15-23-18-46-31(35-23)27-24(39)13-8-14-25(27)40)32(42)37(33)29(22)34(43)45-30(20-9-4-2-5-10-20)21-11-6-3-7-12-21/h2-14,18,28,30,33,39-40H,15-17H2,1H3,(H,36,41)/t28-,33-/m1/s1. The molecule has 4 aromatic rings. The Morgan fingerprint density at radius 2 is 1.62 bits per heavy atom. The minimum atomic E-state index is -0.912. The van der Waals surface area contributed by atoms with E-state index in [1.807, 2.05) is 60.7 Å². The molecule has 0 unspecified atom stereocenters. The topological polar surface area (TPSA) is 155 Å². The van der Waals surface area contributed by atoms with E-state index in [9.17, 15) is 29.4 Å². The van der Waals surface area contributed by atoms with Crippen molar-refractivity contribution >= 4 is 46.9 Å². The normalized spacial score (nSPS) is 17.1. The van der Waals surface area contributed by atoms with Gasteiger partial charge in [0.25, 0.3) is 5.91 Å². The van der Waals surface area contributed by atoms with Gasteiger partial charge in [-0.25, -0.2) is 9.78 Å². The molecule has 0 bridgehead atoms. The molecule has 1 aromatic heterocycles. The van der Waals surface area contributed by atoms with Gasteiger partial charge in [-0.3, -0.25) is 19.3 Å². The molecule has 2 aliphatic rings. The number of thioether (sulfide) groups is 1. The molecule has 13 heteroatoms. The monoisotopic (exact) mass is 671 g/mol. The van der Waals surface area contributed by atoms with Crippen LogP contribution in [0.5, 0.6) is 11.5 Å². The van der Waals surface area contributed by atoms with E-state index in [1.54, 1.807) is 5.38 Å². The number of amides is 2. The maximum absolute atomic E-state index is 13.9. The number of thiazole rings is 1. The number of nitrogens with one attached hydrogen (secondary N) is 1. The summed E-state index contributed by atoms with van der Waals surface area (Å²) in [7, 11) is 0. The molecule has 6 rings (SSSR count). The van der Waals surface area contributed by atoms with Gasteiger partial charge >= 0.3 is 11.9 Å². The van der Waals surface area contributed by atoms with E-state index in [4.69, 9.17) is 9.47 Å². The molecular formula is C34H29N3O8S2. The number of esters is 2. The second-order valence-corrected chi connectivity index (χ2v) is 12.7. The van der Waals surface area contributed by atoms with Gasteiger partial charge in [-0.05, 0) is 23.3 Å². The van der Waals surface area contributed by atoms with Crippen molar-refractivity contribution in [3.8, 4) is 22.1 Å². The molecule has 0 spiro atoms. The highest BCUT2D eigenvalue weighted by atomic mass is 32.2. The fourth-order valence-corrected chi connectivity index (χ4v) is 7.57. The van der Waals surface area contributed by atoms with Crippen molar-refractivity contribution in [2.75, 3.05) is 12.4 Å². The van der Waals surface area contributed by atoms with Crippen molar-refractivity contribution in [2.45, 2.75) is 30.9 Å². The summed E-state index contributed by atoms with van der Waals surface area (Å²) in [5.41, 5.74) is 2.45. The first kappa shape index (κ1) is 31.8. The Balaban J connectivity index is 1.19. The zero-order valence-corrected chi connectivity index (χ0v) is 26.6. The third-order valence-electron chi connectivity index (χ3n) is 7.56. The number of aromatic hydroxyl groups is 2. The second-order valence-electron chi connectivity index (χ2n) is 10.8. The predicted molar refractivity (Wildman–Crippen MR) is 174 cm³/mol. The Hall–Kier alpha value is -5.14. The SMILES string of the molecule is CC(=O)OCC1=C(C(=O)OC(c2ccccc2)c2ccccc2)N2C(=O)[C@@H](NC(=O)Cc3csc(-c4c(O)cccc4O)n3)[C@H]2SC1. The molecule has 240 valence electrons. The molecule has 3 aromatic carbocycles. The van der Waals surface area contributed by atoms with E-state index in [2.05, 4.69) is 10.3 Å². The summed E-state index contributed by atoms with van der Waals surface area (Å²) < 4.78 is 11.3. The molecule has 2 aliphatic heterocycles. The van der Waals surface area contributed by atoms with Crippen LogP contribution in [-0.2, 0) is 35.1 Å². The largest absolute Gasteiger partial charge is 0.507 e. The molecule has 3 heterocycles. The zero-order chi connectivity index (χ0) is 33.1. The van der Waals surface area contributed by atoms with Gasteiger partial charge in [0.1, 0.15) is 40.2 Å². The lowest BCUT2D eigenvalue weighted by Gasteiger charge is -2.49. The quantitative estimate of drug-likeness (QED) is 0.164. The summed E-state index contributed by atoms with van der Waals surface area (Å²) in [6.07, 6.45) is -0.917. The predicted octanol–water partition coefficient (Wildman–Crippen LogP) is 4.31. The van der Waals surface area contributed by atoms with Gasteiger partial charge < -0.3 is 25.0 Å². The van der Waals surface area contributed by atoms with Gasteiger partial charge in [0.05, 0.1) is 17.7 Å². The van der Waals surface area contributed by atoms with Crippen molar-refractivity contribution in [1.82, 2.24) is 15.2 Å². The van der Waals surface area contributed by atoms with Crippen LogP contribution in [-0.4, -0.2) is 67.6 Å². The average molecular weight is 672 g/mol. The van der Waals surface area contributed by atoms with Crippen LogP contribution >= 0.6 is 23.1 Å². The smallest absolute Gasteiger partial charge is 0.356 e. The van der Waals surface area contributed by atoms with Gasteiger partial charge in [0.2, 0.25) is 5.91 Å². The number of carbonyl (C=O) groups excluding carboxylic acids is 4. The Bertz CT molecular complexity index is 1800. The number of benzene rings is 3. The van der Waals surface area contributed by atoms with Gasteiger partial charge in [-0.15, -0.1) is 23.1 Å². The number of phenolic OH excluding ortho intramolecular Hbond substituents is 2. The number of phenols is 2. The summed E-state index contributed by atoms with van der Waals surface area (Å²) in [5, 5.41) is 24.5. The Morgan fingerprint density at radius 1 is 0.979 bits per heavy atom. The number of carbonyl (C=O) groups is 4. The summed E-state index contributed by atoms with van der Waals surface area (Å²) >= 11 is 2.49. The van der Waals surface area contributed by atoms with E-state index >= 15 is 0 Å². The van der Waals surface area contributed by atoms with Crippen molar-refractivity contribution in [3.63, 3.8) is 0 Å². The van der Waals surface area contributed by atoms with Crippen LogP contribution in [0.3, 0.4) is 0 Å². The van der Waals surface area contributed by atoms with Crippen LogP contribution in [0.25, 0.3) is 10.6 Å². The molecular weight excluding hydrogens is 643 g/mol. The van der Waals surface area contributed by atoms with Crippen molar-refractivity contribution in [3.05, 3.63) is 112 Å². The van der Waals surface area contributed by atoms with E-state index in [-0.39, 0.29) is 41.5 Å². The van der Waals surface area contributed by atoms with Crippen molar-refractivity contribution < 1.29 is 38.9 Å². The minimum absolute atomic E-state index is 0.00557. The fraction of sp³-hybridized carbons (Fsp3) is 0.206. The Labute approximate surface area is 277 Å². The first-order valence-electron chi connectivity index (χ1n) is 14.6. The molecule has 2 atom stereocenters. The maximum atomic E-state index is 13.9. The summed E-state index contributed by atoms with van der Waals surface area (Å²) in [4.78, 5) is 57.9. The number of hydrogen-bond donors (Lipinski definition) is 3. The van der Waals surface area contributed by atoms with E-state index < -0.39 is 41.3 Å². The van der Waals surface area contributed by atoms with Gasteiger partial charge in [0.15, 0.2) is 6.10 Å². The van der Waals surface area contributed by atoms with Gasteiger partial charge in [-0.2, -0.15) is 0 Å². The number of hydrogen-bond acceptors (Lipinski definition) is 11. The van der Waals surface area contributed by atoms with E-state index in [0.29, 0.717) is 16.3 Å². The fourth-order valence-electron chi connectivity index (χ4n) is 5.36. The number of nitrogens with zero attached hydrogens (tertiary/aromatic N) is 2. The molecule has 1 saturated heterocycles. The average Bonchev–Trinajstić information content (AvgIpc) is 3.52. The van der Waals surface area contributed by atoms with Gasteiger partial charge in [0, 0.05) is 23.6 Å². The zero-order valence-electron chi connectivity index (χ0n) is 25.0. The lowest BCUT2D eigenvalue weighted by Crippen LogP contribution is -2.70. The summed E-state index contributed by atoms with van der Waals surface area (Å²) in [6.45, 7) is 1.06. The van der Waals surface area contributed by atoms with Crippen LogP contribution in [0.4, 0.5) is 0 Å². The number of aromatic nitrogens is 1. The van der Waals surface area contributed by atoms with E-state index in [0.717, 1.165) is 22.5 Å². The van der Waals surface area contributed by atoms with Crippen LogP contribution in [0.2, 0.25) is 0 Å². The van der Waals surface area contributed by atoms with Gasteiger partial charge in [-0.1, -0.05) is 66.7 Å². The van der Waals surface area contributed by atoms with Crippen LogP contribution in [0.15, 0.2) is 95.5 Å². The lowest BCUT2D eigenvalue weighted by atomic mass is 10.0. The van der Waals surface area contributed by atoms with Crippen LogP contribution < -0.4 is 5.32 Å². The first-order chi connectivity index (χ1) is 22.7. The lowest BCUT2D eigenvalue weighted by molar-refractivity contribution is -0.155. The highest BCUT2D eigenvalue weighted by Crippen LogP contribution is 2.42. The molecule has 0 aliphatic carbocycles. The molecule has 1 fully saturated rings. The Morgan fingerprint density at radius 3 is 2.23 bits per heavy atom. The maximum Gasteiger partial charge on any atom is 0.356 e. The molecule has 47 heavy (non-hydrogen) atoms. The number of fused-ring (bicyclic) bond motifs is 1. The Kier molecular flexibility index (Phi) is 9.27.